The minimum atomic E-state index is -0.0625. The fourth-order valence-electron chi connectivity index (χ4n) is 4.19. The third-order valence-electron chi connectivity index (χ3n) is 5.72. The van der Waals surface area contributed by atoms with Crippen molar-refractivity contribution in [1.29, 1.82) is 0 Å². The number of fused-ring (bicyclic) bond motifs is 1. The average Bonchev–Trinajstić information content (AvgIpc) is 3.27. The summed E-state index contributed by atoms with van der Waals surface area (Å²) in [6, 6.07) is 12.8. The number of amides is 1. The number of carbonyl (C=O) groups excluding carboxylic acids is 1. The van der Waals surface area contributed by atoms with Crippen molar-refractivity contribution in [2.45, 2.75) is 38.9 Å². The molecule has 0 radical (unpaired) electrons. The van der Waals surface area contributed by atoms with E-state index in [1.54, 1.807) is 0 Å². The number of nitrogens with zero attached hydrogens (tertiary/aromatic N) is 3. The first-order valence-electron chi connectivity index (χ1n) is 9.53. The summed E-state index contributed by atoms with van der Waals surface area (Å²) >= 11 is 1.82. The number of anilines is 1. The summed E-state index contributed by atoms with van der Waals surface area (Å²) in [5, 5.41) is 2.14. The molecule has 5 heteroatoms. The van der Waals surface area contributed by atoms with Crippen LogP contribution in [0.4, 0.5) is 5.69 Å². The maximum Gasteiger partial charge on any atom is 0.244 e. The van der Waals surface area contributed by atoms with Gasteiger partial charge in [0.25, 0.3) is 0 Å². The number of benzene rings is 1. The molecule has 2 aliphatic heterocycles. The highest BCUT2D eigenvalue weighted by molar-refractivity contribution is 7.09. The van der Waals surface area contributed by atoms with Crippen LogP contribution in [-0.2, 0) is 17.8 Å². The van der Waals surface area contributed by atoms with E-state index < -0.39 is 0 Å². The van der Waals surface area contributed by atoms with E-state index >= 15 is 0 Å². The first-order valence-corrected chi connectivity index (χ1v) is 10.4. The summed E-state index contributed by atoms with van der Waals surface area (Å²) in [7, 11) is 0. The Bertz CT molecular complexity index is 752. The summed E-state index contributed by atoms with van der Waals surface area (Å²) in [6.45, 7) is 9.24. The summed E-state index contributed by atoms with van der Waals surface area (Å²) < 4.78 is 0. The molecule has 0 spiro atoms. The lowest BCUT2D eigenvalue weighted by atomic mass is 10.1. The van der Waals surface area contributed by atoms with Gasteiger partial charge in [-0.2, -0.15) is 0 Å². The Morgan fingerprint density at radius 2 is 1.92 bits per heavy atom. The molecule has 1 aromatic carbocycles. The summed E-state index contributed by atoms with van der Waals surface area (Å²) in [6.07, 6.45) is 0.962. The summed E-state index contributed by atoms with van der Waals surface area (Å²) in [5.74, 6) is 0.245. The van der Waals surface area contributed by atoms with Crippen LogP contribution < -0.4 is 4.90 Å². The first kappa shape index (κ1) is 17.7. The number of hydrogen-bond acceptors (Lipinski definition) is 4. The van der Waals surface area contributed by atoms with E-state index in [9.17, 15) is 4.79 Å². The molecular weight excluding hydrogens is 342 g/mol. The Labute approximate surface area is 160 Å². The van der Waals surface area contributed by atoms with Crippen molar-refractivity contribution in [2.75, 3.05) is 31.1 Å². The van der Waals surface area contributed by atoms with Crippen molar-refractivity contribution in [3.63, 3.8) is 0 Å². The quantitative estimate of drug-likeness (QED) is 0.828. The zero-order chi connectivity index (χ0) is 18.1. The van der Waals surface area contributed by atoms with Crippen LogP contribution in [0, 0.1) is 0 Å². The van der Waals surface area contributed by atoms with Crippen LogP contribution in [0.2, 0.25) is 0 Å². The number of carbonyl (C=O) groups is 1. The third-order valence-corrected chi connectivity index (χ3v) is 6.58. The zero-order valence-corrected chi connectivity index (χ0v) is 16.4. The van der Waals surface area contributed by atoms with Crippen molar-refractivity contribution in [3.05, 3.63) is 52.2 Å². The number of piperazine rings is 1. The van der Waals surface area contributed by atoms with Gasteiger partial charge in [-0.1, -0.05) is 24.3 Å². The van der Waals surface area contributed by atoms with Gasteiger partial charge in [0.2, 0.25) is 5.91 Å². The fraction of sp³-hybridized carbons (Fsp3) is 0.476. The van der Waals surface area contributed by atoms with Gasteiger partial charge in [0.15, 0.2) is 0 Å². The van der Waals surface area contributed by atoms with E-state index in [0.717, 1.165) is 44.8 Å². The molecule has 1 fully saturated rings. The van der Waals surface area contributed by atoms with Crippen LogP contribution in [0.5, 0.6) is 0 Å². The Morgan fingerprint density at radius 3 is 2.65 bits per heavy atom. The lowest BCUT2D eigenvalue weighted by Crippen LogP contribution is -2.55. The SMILES string of the molecule is CC(C(=O)N1c2ccccc2CC1C)N1CCN(Cc2cccs2)CC1. The molecule has 0 saturated carbocycles. The van der Waals surface area contributed by atoms with Gasteiger partial charge >= 0.3 is 0 Å². The van der Waals surface area contributed by atoms with Crippen molar-refractivity contribution in [2.24, 2.45) is 0 Å². The molecule has 1 amide bonds. The maximum absolute atomic E-state index is 13.2. The Hall–Kier alpha value is -1.69. The van der Waals surface area contributed by atoms with E-state index in [0.29, 0.717) is 0 Å². The molecule has 1 aromatic heterocycles. The molecule has 1 saturated heterocycles. The lowest BCUT2D eigenvalue weighted by molar-refractivity contribution is -0.124. The molecule has 2 aliphatic rings. The standard InChI is InChI=1S/C21H27N3OS/c1-16-14-18-6-3-4-8-20(18)24(16)21(25)17(2)23-11-9-22(10-12-23)15-19-7-5-13-26-19/h3-8,13,16-17H,9-12,14-15H2,1-2H3. The summed E-state index contributed by atoms with van der Waals surface area (Å²) in [4.78, 5) is 21.5. The number of hydrogen-bond donors (Lipinski definition) is 0. The normalized spacial score (nSPS) is 22.4. The second-order valence-corrected chi connectivity index (χ2v) is 8.49. The monoisotopic (exact) mass is 369 g/mol. The largest absolute Gasteiger partial charge is 0.308 e. The number of para-hydroxylation sites is 1. The lowest BCUT2D eigenvalue weighted by Gasteiger charge is -2.39. The molecule has 2 atom stereocenters. The Balaban J connectivity index is 1.38. The van der Waals surface area contributed by atoms with E-state index in [4.69, 9.17) is 0 Å². The van der Waals surface area contributed by atoms with Gasteiger partial charge in [-0.3, -0.25) is 14.6 Å². The second-order valence-electron chi connectivity index (χ2n) is 7.46. The molecule has 0 bridgehead atoms. The van der Waals surface area contributed by atoms with Crippen molar-refractivity contribution < 1.29 is 4.79 Å². The van der Waals surface area contributed by atoms with Crippen LogP contribution in [-0.4, -0.2) is 54.0 Å². The van der Waals surface area contributed by atoms with Gasteiger partial charge in [0.1, 0.15) is 0 Å². The van der Waals surface area contributed by atoms with E-state index in [-0.39, 0.29) is 18.0 Å². The highest BCUT2D eigenvalue weighted by atomic mass is 32.1. The predicted molar refractivity (Wildman–Crippen MR) is 108 cm³/mol. The van der Waals surface area contributed by atoms with E-state index in [1.165, 1.54) is 10.4 Å². The number of thiophene rings is 1. The minimum Gasteiger partial charge on any atom is -0.308 e. The molecule has 2 aromatic rings. The smallest absolute Gasteiger partial charge is 0.244 e. The van der Waals surface area contributed by atoms with Gasteiger partial charge < -0.3 is 4.90 Å². The Morgan fingerprint density at radius 1 is 1.15 bits per heavy atom. The highest BCUT2D eigenvalue weighted by Crippen LogP contribution is 2.32. The van der Waals surface area contributed by atoms with Crippen molar-refractivity contribution in [1.82, 2.24) is 9.80 Å². The van der Waals surface area contributed by atoms with Gasteiger partial charge in [-0.25, -0.2) is 0 Å². The van der Waals surface area contributed by atoms with Crippen molar-refractivity contribution >= 4 is 22.9 Å². The third kappa shape index (κ3) is 3.43. The predicted octanol–water partition coefficient (Wildman–Crippen LogP) is 3.23. The van der Waals surface area contributed by atoms with Crippen LogP contribution in [0.3, 0.4) is 0 Å². The molecular formula is C21H27N3OS. The minimum absolute atomic E-state index is 0.0625. The fourth-order valence-corrected chi connectivity index (χ4v) is 4.94. The topological polar surface area (TPSA) is 26.8 Å². The molecule has 0 N–H and O–H groups in total. The molecule has 26 heavy (non-hydrogen) atoms. The maximum atomic E-state index is 13.2. The molecule has 3 heterocycles. The van der Waals surface area contributed by atoms with Gasteiger partial charge in [-0.05, 0) is 43.3 Å². The zero-order valence-electron chi connectivity index (χ0n) is 15.6. The van der Waals surface area contributed by atoms with Crippen LogP contribution in [0.1, 0.15) is 24.3 Å². The number of rotatable bonds is 4. The molecule has 4 rings (SSSR count). The van der Waals surface area contributed by atoms with E-state index in [2.05, 4.69) is 59.4 Å². The molecule has 2 unspecified atom stereocenters. The highest BCUT2D eigenvalue weighted by Gasteiger charge is 2.35. The average molecular weight is 370 g/mol. The van der Waals surface area contributed by atoms with Gasteiger partial charge in [0.05, 0.1) is 6.04 Å². The van der Waals surface area contributed by atoms with Crippen molar-refractivity contribution in [3.8, 4) is 0 Å². The van der Waals surface area contributed by atoms with Crippen LogP contribution in [0.25, 0.3) is 0 Å². The van der Waals surface area contributed by atoms with Crippen LogP contribution >= 0.6 is 11.3 Å². The van der Waals surface area contributed by atoms with Crippen LogP contribution in [0.15, 0.2) is 41.8 Å². The molecule has 0 aliphatic carbocycles. The van der Waals surface area contributed by atoms with Gasteiger partial charge in [0, 0.05) is 49.3 Å². The second kappa shape index (κ2) is 7.51. The molecule has 138 valence electrons. The summed E-state index contributed by atoms with van der Waals surface area (Å²) in [5.41, 5.74) is 2.40. The molecule has 4 nitrogen and oxygen atoms in total. The Kier molecular flexibility index (Phi) is 5.11. The van der Waals surface area contributed by atoms with Gasteiger partial charge in [-0.15, -0.1) is 11.3 Å². The van der Waals surface area contributed by atoms with E-state index in [1.807, 2.05) is 22.3 Å². The first-order chi connectivity index (χ1) is 12.6.